The number of H-pyrrole nitrogens is 1. The van der Waals surface area contributed by atoms with Gasteiger partial charge in [-0.15, -0.1) is 0 Å². The number of carbonyl (C=O) groups excluding carboxylic acids is 1. The van der Waals surface area contributed by atoms with Crippen LogP contribution >= 0.6 is 0 Å². The Morgan fingerprint density at radius 2 is 1.61 bits per heavy atom. The van der Waals surface area contributed by atoms with E-state index >= 15 is 0 Å². The van der Waals surface area contributed by atoms with E-state index in [1.54, 1.807) is 48.7 Å². The molecular weight excluding hydrogens is 566 g/mol. The molecule has 1 amide bonds. The van der Waals surface area contributed by atoms with Crippen molar-refractivity contribution in [1.29, 1.82) is 0 Å². The normalized spacial score (nSPS) is 18.1. The molecule has 0 spiro atoms. The van der Waals surface area contributed by atoms with Crippen molar-refractivity contribution in [3.05, 3.63) is 120 Å². The number of nitrogens with zero attached hydrogens (tertiary/aromatic N) is 3. The lowest BCUT2D eigenvalue weighted by Crippen LogP contribution is -2.45. The number of amides is 1. The van der Waals surface area contributed by atoms with Crippen LogP contribution < -0.4 is 10.6 Å². The van der Waals surface area contributed by atoms with Crippen LogP contribution in [0.2, 0.25) is 0 Å². The predicted molar refractivity (Wildman–Crippen MR) is 160 cm³/mol. The van der Waals surface area contributed by atoms with E-state index in [4.69, 9.17) is 14.5 Å². The summed E-state index contributed by atoms with van der Waals surface area (Å²) >= 11 is 0. The Bertz CT molecular complexity index is 1720. The highest BCUT2D eigenvalue weighted by Crippen LogP contribution is 2.35. The van der Waals surface area contributed by atoms with Crippen molar-refractivity contribution in [2.75, 3.05) is 25.1 Å². The molecule has 2 aromatic heterocycles. The molecule has 11 heteroatoms. The minimum absolute atomic E-state index is 0.162. The van der Waals surface area contributed by atoms with Crippen LogP contribution in [0.4, 0.5) is 14.7 Å². The molecular formula is C33H30F2N6O3. The van der Waals surface area contributed by atoms with E-state index in [2.05, 4.69) is 25.6 Å². The zero-order valence-corrected chi connectivity index (χ0v) is 23.9. The second-order valence-corrected chi connectivity index (χ2v) is 10.9. The summed E-state index contributed by atoms with van der Waals surface area (Å²) in [6, 6.07) is 22.9. The van der Waals surface area contributed by atoms with E-state index in [1.807, 2.05) is 25.1 Å². The molecule has 5 aromatic rings. The maximum absolute atomic E-state index is 13.8. The van der Waals surface area contributed by atoms with Gasteiger partial charge in [0.25, 0.3) is 5.91 Å². The third-order valence-electron chi connectivity index (χ3n) is 7.22. The van der Waals surface area contributed by atoms with Crippen LogP contribution in [0.3, 0.4) is 0 Å². The van der Waals surface area contributed by atoms with E-state index in [1.165, 1.54) is 24.3 Å². The zero-order chi connectivity index (χ0) is 30.5. The Morgan fingerprint density at radius 3 is 2.32 bits per heavy atom. The van der Waals surface area contributed by atoms with Crippen molar-refractivity contribution in [3.63, 3.8) is 0 Å². The first-order valence-electron chi connectivity index (χ1n) is 14.1. The molecule has 44 heavy (non-hydrogen) atoms. The average molecular weight is 597 g/mol. The molecule has 224 valence electrons. The number of ether oxygens (including phenoxy) is 2. The molecule has 0 radical (unpaired) electrons. The second-order valence-electron chi connectivity index (χ2n) is 10.9. The van der Waals surface area contributed by atoms with Crippen molar-refractivity contribution in [2.24, 2.45) is 5.41 Å². The van der Waals surface area contributed by atoms with Gasteiger partial charge in [0.1, 0.15) is 11.6 Å². The number of carbonyl (C=O) groups is 1. The summed E-state index contributed by atoms with van der Waals surface area (Å²) < 4.78 is 39.2. The molecule has 0 aliphatic carbocycles. The third-order valence-corrected chi connectivity index (χ3v) is 7.22. The Kier molecular flexibility index (Phi) is 8.40. The van der Waals surface area contributed by atoms with Crippen molar-refractivity contribution in [3.8, 4) is 22.6 Å². The van der Waals surface area contributed by atoms with E-state index in [-0.39, 0.29) is 17.5 Å². The molecule has 0 saturated carbocycles. The number of hydrogen-bond acceptors (Lipinski definition) is 7. The van der Waals surface area contributed by atoms with E-state index in [0.29, 0.717) is 66.3 Å². The Morgan fingerprint density at radius 1 is 0.932 bits per heavy atom. The predicted octanol–water partition coefficient (Wildman–Crippen LogP) is 5.91. The number of halogens is 2. The first kappa shape index (κ1) is 29.1. The standard InChI is InChI=1S/C33H30F2N6O3/c1-33(18-38-30(42)23-5-3-2-4-6-23)19-43-31(44-20-33)29-40-27(22-9-13-25(35)14-10-22)28(41-29)26-15-16-36-32(39-26)37-17-21-7-11-24(34)12-8-21/h2-16,31H,17-20H2,1H3,(H,38,42)(H,40,41)(H,36,37,39). The Hall–Kier alpha value is -5.00. The summed E-state index contributed by atoms with van der Waals surface area (Å²) in [6.45, 7) is 3.38. The number of benzene rings is 3. The van der Waals surface area contributed by atoms with Crippen molar-refractivity contribution in [2.45, 2.75) is 19.8 Å². The maximum atomic E-state index is 13.8. The van der Waals surface area contributed by atoms with E-state index in [0.717, 1.165) is 5.56 Å². The fourth-order valence-electron chi connectivity index (χ4n) is 4.76. The number of aromatic nitrogens is 4. The number of hydrogen-bond donors (Lipinski definition) is 3. The number of imidazole rings is 1. The van der Waals surface area contributed by atoms with Crippen molar-refractivity contribution < 1.29 is 23.0 Å². The Balaban J connectivity index is 1.19. The molecule has 0 atom stereocenters. The SMILES string of the molecule is CC1(CNC(=O)c2ccccc2)COC(c2nc(-c3ccc(F)cc3)c(-c3ccnc(NCc4ccc(F)cc4)n3)[nH]2)OC1. The van der Waals surface area contributed by atoms with Crippen LogP contribution in [0.1, 0.15) is 35.0 Å². The van der Waals surface area contributed by atoms with Crippen LogP contribution in [0, 0.1) is 17.0 Å². The Labute approximate surface area is 252 Å². The smallest absolute Gasteiger partial charge is 0.251 e. The molecule has 1 saturated heterocycles. The number of nitrogens with one attached hydrogen (secondary N) is 3. The molecule has 3 N–H and O–H groups in total. The monoisotopic (exact) mass is 596 g/mol. The van der Waals surface area contributed by atoms with Gasteiger partial charge in [-0.3, -0.25) is 4.79 Å². The lowest BCUT2D eigenvalue weighted by atomic mass is 9.92. The molecule has 3 aromatic carbocycles. The first-order valence-corrected chi connectivity index (χ1v) is 14.1. The zero-order valence-electron chi connectivity index (χ0n) is 23.9. The molecule has 1 fully saturated rings. The molecule has 1 aliphatic rings. The highest BCUT2D eigenvalue weighted by molar-refractivity contribution is 5.94. The molecule has 6 rings (SSSR count). The van der Waals surface area contributed by atoms with E-state index < -0.39 is 11.7 Å². The lowest BCUT2D eigenvalue weighted by Gasteiger charge is -2.36. The number of aromatic amines is 1. The van der Waals surface area contributed by atoms with Gasteiger partial charge in [-0.2, -0.15) is 0 Å². The highest BCUT2D eigenvalue weighted by atomic mass is 19.1. The number of rotatable bonds is 9. The van der Waals surface area contributed by atoms with Gasteiger partial charge in [0.15, 0.2) is 5.82 Å². The lowest BCUT2D eigenvalue weighted by molar-refractivity contribution is -0.231. The van der Waals surface area contributed by atoms with Gasteiger partial charge in [-0.25, -0.2) is 23.7 Å². The van der Waals surface area contributed by atoms with Gasteiger partial charge in [-0.1, -0.05) is 37.3 Å². The van der Waals surface area contributed by atoms with Gasteiger partial charge in [0.2, 0.25) is 12.2 Å². The second kappa shape index (κ2) is 12.7. The summed E-state index contributed by atoms with van der Waals surface area (Å²) in [6.07, 6.45) is 0.825. The minimum Gasteiger partial charge on any atom is -0.351 e. The van der Waals surface area contributed by atoms with Crippen molar-refractivity contribution in [1.82, 2.24) is 25.3 Å². The fraction of sp³-hybridized carbons (Fsp3) is 0.212. The van der Waals surface area contributed by atoms with Gasteiger partial charge in [0.05, 0.1) is 30.3 Å². The van der Waals surface area contributed by atoms with Gasteiger partial charge in [-0.05, 0) is 60.2 Å². The summed E-state index contributed by atoms with van der Waals surface area (Å²) in [7, 11) is 0. The summed E-state index contributed by atoms with van der Waals surface area (Å²) in [5.74, 6) is -0.0377. The molecule has 1 aliphatic heterocycles. The molecule has 3 heterocycles. The highest BCUT2D eigenvalue weighted by Gasteiger charge is 2.35. The molecule has 9 nitrogen and oxygen atoms in total. The summed E-state index contributed by atoms with van der Waals surface area (Å²) in [5, 5.41) is 6.12. The quantitative estimate of drug-likeness (QED) is 0.194. The molecule has 0 bridgehead atoms. The third kappa shape index (κ3) is 6.80. The summed E-state index contributed by atoms with van der Waals surface area (Å²) in [5.41, 5.74) is 3.34. The number of anilines is 1. The van der Waals surface area contributed by atoms with Crippen molar-refractivity contribution >= 4 is 11.9 Å². The summed E-state index contributed by atoms with van der Waals surface area (Å²) in [4.78, 5) is 29.6. The minimum atomic E-state index is -0.793. The van der Waals surface area contributed by atoms with Gasteiger partial charge in [0, 0.05) is 35.8 Å². The van der Waals surface area contributed by atoms with Crippen LogP contribution in [0.15, 0.2) is 91.1 Å². The van der Waals surface area contributed by atoms with Crippen LogP contribution in [-0.2, 0) is 16.0 Å². The fourth-order valence-corrected chi connectivity index (χ4v) is 4.76. The van der Waals surface area contributed by atoms with Crippen LogP contribution in [-0.4, -0.2) is 45.6 Å². The van der Waals surface area contributed by atoms with Crippen LogP contribution in [0.25, 0.3) is 22.6 Å². The average Bonchev–Trinajstić information content (AvgIpc) is 3.50. The van der Waals surface area contributed by atoms with Gasteiger partial charge >= 0.3 is 0 Å². The largest absolute Gasteiger partial charge is 0.351 e. The molecule has 0 unspecified atom stereocenters. The maximum Gasteiger partial charge on any atom is 0.251 e. The first-order chi connectivity index (χ1) is 21.3. The van der Waals surface area contributed by atoms with E-state index in [9.17, 15) is 13.6 Å². The van der Waals surface area contributed by atoms with Crippen LogP contribution in [0.5, 0.6) is 0 Å². The topological polar surface area (TPSA) is 114 Å². The van der Waals surface area contributed by atoms with Gasteiger partial charge < -0.3 is 25.1 Å².